The molecule has 0 bridgehead atoms. The van der Waals surface area contributed by atoms with Gasteiger partial charge in [-0.2, -0.15) is 0 Å². The Bertz CT molecular complexity index is 568. The van der Waals surface area contributed by atoms with Gasteiger partial charge in [0.1, 0.15) is 0 Å². The molecule has 0 radical (unpaired) electrons. The van der Waals surface area contributed by atoms with Crippen LogP contribution in [0.2, 0.25) is 0 Å². The van der Waals surface area contributed by atoms with E-state index in [0.717, 1.165) is 0 Å². The third-order valence-corrected chi connectivity index (χ3v) is 3.09. The summed E-state index contributed by atoms with van der Waals surface area (Å²) in [5, 5.41) is 16.6. The minimum Gasteiger partial charge on any atom is -0.394 e. The summed E-state index contributed by atoms with van der Waals surface area (Å²) in [7, 11) is 0. The van der Waals surface area contributed by atoms with E-state index in [1.165, 1.54) is 0 Å². The molecule has 0 spiro atoms. The molecule has 7 nitrogen and oxygen atoms in total. The molecule has 1 rings (SSSR count). The summed E-state index contributed by atoms with van der Waals surface area (Å²) in [4.78, 5) is 35.8. The molecule has 0 aromatic heterocycles. The molecule has 1 aromatic carbocycles. The van der Waals surface area contributed by atoms with E-state index in [-0.39, 0.29) is 29.8 Å². The number of aliphatic hydroxyl groups excluding tert-OH is 1. The number of carbonyl (C=O) groups excluding carboxylic acids is 3. The highest BCUT2D eigenvalue weighted by atomic mass is 16.3. The fraction of sp³-hybridized carbons (Fsp3) is 0.438. The van der Waals surface area contributed by atoms with Crippen molar-refractivity contribution < 1.29 is 19.5 Å². The summed E-state index contributed by atoms with van der Waals surface area (Å²) in [6.07, 6.45) is 0.503. The molecule has 4 N–H and O–H groups in total. The van der Waals surface area contributed by atoms with E-state index >= 15 is 0 Å². The van der Waals surface area contributed by atoms with E-state index in [1.54, 1.807) is 31.2 Å². The molecule has 0 aliphatic carbocycles. The Morgan fingerprint density at radius 2 is 1.74 bits per heavy atom. The van der Waals surface area contributed by atoms with E-state index < -0.39 is 17.9 Å². The number of amides is 3. The third kappa shape index (κ3) is 5.71. The predicted octanol–water partition coefficient (Wildman–Crippen LogP) is 0.650. The van der Waals surface area contributed by atoms with Crippen molar-refractivity contribution >= 4 is 23.4 Å². The quantitative estimate of drug-likeness (QED) is 0.577. The zero-order valence-electron chi connectivity index (χ0n) is 13.6. The van der Waals surface area contributed by atoms with Crippen LogP contribution in [0, 0.1) is 0 Å². The lowest BCUT2D eigenvalue weighted by molar-refractivity contribution is -0.136. The van der Waals surface area contributed by atoms with Gasteiger partial charge in [0.15, 0.2) is 0 Å². The molecule has 0 heterocycles. The minimum atomic E-state index is -0.887. The number of aliphatic hydroxyl groups is 1. The van der Waals surface area contributed by atoms with Crippen molar-refractivity contribution in [3.8, 4) is 0 Å². The number of nitrogens with one attached hydrogen (secondary N) is 3. The summed E-state index contributed by atoms with van der Waals surface area (Å²) >= 11 is 0. The van der Waals surface area contributed by atoms with Crippen LogP contribution < -0.4 is 16.0 Å². The molecule has 1 aromatic rings. The Morgan fingerprint density at radius 3 is 2.30 bits per heavy atom. The zero-order chi connectivity index (χ0) is 17.4. The van der Waals surface area contributed by atoms with Crippen molar-refractivity contribution in [3.05, 3.63) is 29.8 Å². The number of benzene rings is 1. The van der Waals surface area contributed by atoms with Gasteiger partial charge in [-0.15, -0.1) is 0 Å². The molecule has 0 saturated heterocycles. The molecular formula is C16H23N3O4. The molecule has 0 fully saturated rings. The van der Waals surface area contributed by atoms with Crippen molar-refractivity contribution in [2.45, 2.75) is 39.3 Å². The second-order valence-corrected chi connectivity index (χ2v) is 5.39. The second kappa shape index (κ2) is 8.89. The van der Waals surface area contributed by atoms with Crippen LogP contribution in [-0.2, 0) is 9.59 Å². The Hall–Kier alpha value is -2.41. The lowest BCUT2D eigenvalue weighted by Crippen LogP contribution is -2.43. The number of rotatable bonds is 6. The highest BCUT2D eigenvalue weighted by molar-refractivity contribution is 6.40. The van der Waals surface area contributed by atoms with Gasteiger partial charge in [-0.05, 0) is 32.4 Å². The monoisotopic (exact) mass is 321 g/mol. The van der Waals surface area contributed by atoms with Crippen LogP contribution >= 0.6 is 0 Å². The number of hydrogen-bond acceptors (Lipinski definition) is 4. The summed E-state index contributed by atoms with van der Waals surface area (Å²) in [5.41, 5.74) is 0.527. The van der Waals surface area contributed by atoms with Gasteiger partial charge in [-0.3, -0.25) is 14.4 Å². The molecule has 0 aliphatic heterocycles. The third-order valence-electron chi connectivity index (χ3n) is 3.09. The van der Waals surface area contributed by atoms with E-state index in [4.69, 9.17) is 5.11 Å². The molecule has 23 heavy (non-hydrogen) atoms. The maximum absolute atomic E-state index is 12.1. The molecule has 1 atom stereocenters. The van der Waals surface area contributed by atoms with Crippen molar-refractivity contribution in [1.29, 1.82) is 0 Å². The van der Waals surface area contributed by atoms with Gasteiger partial charge in [-0.1, -0.05) is 19.1 Å². The highest BCUT2D eigenvalue weighted by Gasteiger charge is 2.20. The lowest BCUT2D eigenvalue weighted by Gasteiger charge is -2.15. The molecule has 0 saturated carbocycles. The number of hydrogen-bond donors (Lipinski definition) is 4. The Balaban J connectivity index is 2.82. The molecule has 0 unspecified atom stereocenters. The van der Waals surface area contributed by atoms with Gasteiger partial charge in [0.05, 0.1) is 23.9 Å². The molecular weight excluding hydrogens is 298 g/mol. The lowest BCUT2D eigenvalue weighted by atomic mass is 10.1. The van der Waals surface area contributed by atoms with Crippen molar-refractivity contribution in [2.75, 3.05) is 11.9 Å². The number of carbonyl (C=O) groups is 3. The molecule has 3 amide bonds. The van der Waals surface area contributed by atoms with E-state index in [1.807, 2.05) is 13.8 Å². The molecule has 7 heteroatoms. The van der Waals surface area contributed by atoms with Gasteiger partial charge >= 0.3 is 11.8 Å². The van der Waals surface area contributed by atoms with Crippen molar-refractivity contribution in [3.63, 3.8) is 0 Å². The van der Waals surface area contributed by atoms with E-state index in [0.29, 0.717) is 6.42 Å². The van der Waals surface area contributed by atoms with Crippen LogP contribution in [0.3, 0.4) is 0 Å². The zero-order valence-corrected chi connectivity index (χ0v) is 13.6. The van der Waals surface area contributed by atoms with Crippen LogP contribution in [-0.4, -0.2) is 41.5 Å². The largest absolute Gasteiger partial charge is 0.394 e. The summed E-state index contributed by atoms with van der Waals surface area (Å²) < 4.78 is 0. The number of para-hydroxylation sites is 1. The first-order valence-corrected chi connectivity index (χ1v) is 7.51. The smallest absolute Gasteiger partial charge is 0.313 e. The second-order valence-electron chi connectivity index (χ2n) is 5.39. The van der Waals surface area contributed by atoms with Crippen molar-refractivity contribution in [1.82, 2.24) is 10.6 Å². The predicted molar refractivity (Wildman–Crippen MR) is 87.0 cm³/mol. The van der Waals surface area contributed by atoms with Crippen LogP contribution in [0.15, 0.2) is 24.3 Å². The first-order valence-electron chi connectivity index (χ1n) is 7.51. The average Bonchev–Trinajstić information content (AvgIpc) is 2.52. The van der Waals surface area contributed by atoms with Crippen LogP contribution in [0.5, 0.6) is 0 Å². The van der Waals surface area contributed by atoms with Crippen LogP contribution in [0.4, 0.5) is 5.69 Å². The molecule has 126 valence electrons. The first-order chi connectivity index (χ1) is 10.9. The Labute approximate surface area is 135 Å². The van der Waals surface area contributed by atoms with Crippen molar-refractivity contribution in [2.24, 2.45) is 0 Å². The van der Waals surface area contributed by atoms with E-state index in [2.05, 4.69) is 16.0 Å². The van der Waals surface area contributed by atoms with Gasteiger partial charge in [0.2, 0.25) is 0 Å². The summed E-state index contributed by atoms with van der Waals surface area (Å²) in [5.74, 6) is -2.08. The highest BCUT2D eigenvalue weighted by Crippen LogP contribution is 2.15. The van der Waals surface area contributed by atoms with Crippen LogP contribution in [0.25, 0.3) is 0 Å². The Morgan fingerprint density at radius 1 is 1.09 bits per heavy atom. The molecule has 0 aliphatic rings. The first kappa shape index (κ1) is 18.6. The van der Waals surface area contributed by atoms with Gasteiger partial charge in [0, 0.05) is 6.04 Å². The minimum absolute atomic E-state index is 0.0515. The maximum atomic E-state index is 12.1. The average molecular weight is 321 g/mol. The standard InChI is InChI=1S/C16H23N3O4/c1-4-11(9-20)18-15(22)16(23)19-13-8-6-5-7-12(13)14(21)17-10(2)3/h5-8,10-11,20H,4,9H2,1-3H3,(H,17,21)(H,18,22)(H,19,23)/t11-/m0/s1. The normalized spacial score (nSPS) is 11.7. The summed E-state index contributed by atoms with van der Waals surface area (Å²) in [6, 6.07) is 5.90. The van der Waals surface area contributed by atoms with Gasteiger partial charge < -0.3 is 21.1 Å². The van der Waals surface area contributed by atoms with E-state index in [9.17, 15) is 14.4 Å². The maximum Gasteiger partial charge on any atom is 0.313 e. The summed E-state index contributed by atoms with van der Waals surface area (Å²) in [6.45, 7) is 5.19. The van der Waals surface area contributed by atoms with Gasteiger partial charge in [0.25, 0.3) is 5.91 Å². The topological polar surface area (TPSA) is 108 Å². The number of anilines is 1. The van der Waals surface area contributed by atoms with Gasteiger partial charge in [-0.25, -0.2) is 0 Å². The fourth-order valence-electron chi connectivity index (χ4n) is 1.84. The SMILES string of the molecule is CC[C@@H](CO)NC(=O)C(=O)Nc1ccccc1C(=O)NC(C)C. The Kier molecular flexibility index (Phi) is 7.21. The fourth-order valence-corrected chi connectivity index (χ4v) is 1.84. The van der Waals surface area contributed by atoms with Crippen LogP contribution in [0.1, 0.15) is 37.6 Å².